The van der Waals surface area contributed by atoms with Crippen LogP contribution in [-0.2, 0) is 6.54 Å². The summed E-state index contributed by atoms with van der Waals surface area (Å²) < 4.78 is 0. The van der Waals surface area contributed by atoms with E-state index in [-0.39, 0.29) is 12.1 Å². The zero-order chi connectivity index (χ0) is 16.8. The van der Waals surface area contributed by atoms with E-state index in [9.17, 15) is 4.79 Å². The molecule has 0 bridgehead atoms. The number of carbonyl (C=O) groups is 1. The van der Waals surface area contributed by atoms with E-state index in [4.69, 9.17) is 0 Å². The van der Waals surface area contributed by atoms with E-state index in [2.05, 4.69) is 33.5 Å². The number of nitrogens with one attached hydrogen (secondary N) is 2. The largest absolute Gasteiger partial charge is 0.375 e. The maximum absolute atomic E-state index is 12.1. The number of anilines is 1. The van der Waals surface area contributed by atoms with Gasteiger partial charge in [0.2, 0.25) is 0 Å². The van der Waals surface area contributed by atoms with Crippen LogP contribution in [0.5, 0.6) is 0 Å². The van der Waals surface area contributed by atoms with Gasteiger partial charge in [0.05, 0.1) is 6.04 Å². The first kappa shape index (κ1) is 17.3. The second-order valence-electron chi connectivity index (χ2n) is 5.50. The lowest BCUT2D eigenvalue weighted by atomic mass is 10.1. The first-order chi connectivity index (χ1) is 11.0. The Morgan fingerprint density at radius 2 is 2.13 bits per heavy atom. The fourth-order valence-corrected chi connectivity index (χ4v) is 3.04. The van der Waals surface area contributed by atoms with Crippen molar-refractivity contribution in [3.63, 3.8) is 0 Å². The van der Waals surface area contributed by atoms with Gasteiger partial charge in [-0.2, -0.15) is 0 Å². The van der Waals surface area contributed by atoms with Crippen molar-refractivity contribution in [2.45, 2.75) is 33.4 Å². The van der Waals surface area contributed by atoms with E-state index < -0.39 is 0 Å². The summed E-state index contributed by atoms with van der Waals surface area (Å²) in [4.78, 5) is 19.7. The molecular formula is C17H24N4OS. The molecule has 2 N–H and O–H groups in total. The van der Waals surface area contributed by atoms with Crippen molar-refractivity contribution < 1.29 is 4.79 Å². The van der Waals surface area contributed by atoms with E-state index in [1.165, 1.54) is 0 Å². The fourth-order valence-electron chi connectivity index (χ4n) is 2.26. The summed E-state index contributed by atoms with van der Waals surface area (Å²) in [6.45, 7) is 7.47. The lowest BCUT2D eigenvalue weighted by molar-refractivity contribution is 0.237. The van der Waals surface area contributed by atoms with Crippen LogP contribution in [0.2, 0.25) is 0 Å². The highest BCUT2D eigenvalue weighted by atomic mass is 32.1. The maximum atomic E-state index is 12.1. The minimum atomic E-state index is -0.181. The van der Waals surface area contributed by atoms with Crippen molar-refractivity contribution in [3.05, 3.63) is 45.9 Å². The van der Waals surface area contributed by atoms with Gasteiger partial charge in [-0.15, -0.1) is 11.3 Å². The number of thiazole rings is 1. The predicted molar refractivity (Wildman–Crippen MR) is 96.0 cm³/mol. The molecule has 1 heterocycles. The number of amides is 2. The molecule has 2 rings (SSSR count). The average Bonchev–Trinajstić information content (AvgIpc) is 2.99. The Hall–Kier alpha value is -2.08. The predicted octanol–water partition coefficient (Wildman–Crippen LogP) is 3.47. The third-order valence-corrected chi connectivity index (χ3v) is 4.77. The number of hydrogen-bond acceptors (Lipinski definition) is 4. The molecule has 2 aromatic rings. The summed E-state index contributed by atoms with van der Waals surface area (Å²) in [6.07, 6.45) is 1.83. The molecule has 0 aliphatic heterocycles. The summed E-state index contributed by atoms with van der Waals surface area (Å²) in [5, 5.41) is 6.77. The number of nitrogens with zero attached hydrogens (tertiary/aromatic N) is 2. The fraction of sp³-hybridized carbons (Fsp3) is 0.412. The second-order valence-corrected chi connectivity index (χ2v) is 6.77. The van der Waals surface area contributed by atoms with Crippen molar-refractivity contribution >= 4 is 23.1 Å². The molecule has 5 nitrogen and oxygen atoms in total. The van der Waals surface area contributed by atoms with Crippen LogP contribution < -0.4 is 15.5 Å². The first-order valence-corrected chi connectivity index (χ1v) is 8.58. The van der Waals surface area contributed by atoms with Crippen LogP contribution in [0.25, 0.3) is 0 Å². The van der Waals surface area contributed by atoms with Crippen LogP contribution in [0.4, 0.5) is 10.5 Å². The van der Waals surface area contributed by atoms with Gasteiger partial charge in [-0.3, -0.25) is 0 Å². The van der Waals surface area contributed by atoms with E-state index in [0.29, 0.717) is 6.54 Å². The SMILES string of the molecule is CCN(C)c1ccccc1CNC(=O)N[C@@H](C)c1ncc(C)s1. The van der Waals surface area contributed by atoms with Crippen LogP contribution in [0.3, 0.4) is 0 Å². The standard InChI is InChI=1S/C17H24N4OS/c1-5-21(4)15-9-7-6-8-14(15)11-19-17(22)20-13(3)16-18-10-12(2)23-16/h6-10,13H,5,11H2,1-4H3,(H2,19,20,22)/t13-/m0/s1. The van der Waals surface area contributed by atoms with Crippen LogP contribution in [0.15, 0.2) is 30.5 Å². The van der Waals surface area contributed by atoms with Gasteiger partial charge in [-0.1, -0.05) is 18.2 Å². The lowest BCUT2D eigenvalue weighted by Gasteiger charge is -2.21. The van der Waals surface area contributed by atoms with Gasteiger partial charge in [0.15, 0.2) is 0 Å². The Morgan fingerprint density at radius 3 is 2.78 bits per heavy atom. The van der Waals surface area contributed by atoms with Crippen LogP contribution in [0.1, 0.15) is 35.3 Å². The summed E-state index contributed by atoms with van der Waals surface area (Å²) in [6, 6.07) is 7.83. The highest BCUT2D eigenvalue weighted by Crippen LogP contribution is 2.20. The zero-order valence-corrected chi connectivity index (χ0v) is 14.9. The Bertz CT molecular complexity index is 656. The monoisotopic (exact) mass is 332 g/mol. The van der Waals surface area contributed by atoms with E-state index in [1.54, 1.807) is 11.3 Å². The van der Waals surface area contributed by atoms with E-state index >= 15 is 0 Å². The van der Waals surface area contributed by atoms with Crippen molar-refractivity contribution in [1.82, 2.24) is 15.6 Å². The highest BCUT2D eigenvalue weighted by Gasteiger charge is 2.13. The molecule has 0 aliphatic rings. The smallest absolute Gasteiger partial charge is 0.315 e. The molecule has 0 fully saturated rings. The summed E-state index contributed by atoms with van der Waals surface area (Å²) >= 11 is 1.60. The maximum Gasteiger partial charge on any atom is 0.315 e. The van der Waals surface area contributed by atoms with Crippen molar-refractivity contribution in [2.75, 3.05) is 18.5 Å². The van der Waals surface area contributed by atoms with Crippen LogP contribution >= 0.6 is 11.3 Å². The number of carbonyl (C=O) groups excluding carboxylic acids is 1. The molecule has 6 heteroatoms. The number of para-hydroxylation sites is 1. The Morgan fingerprint density at radius 1 is 1.39 bits per heavy atom. The Kier molecular flexibility index (Phi) is 5.98. The number of benzene rings is 1. The van der Waals surface area contributed by atoms with Crippen molar-refractivity contribution in [1.29, 1.82) is 0 Å². The van der Waals surface area contributed by atoms with Gasteiger partial charge in [0, 0.05) is 36.9 Å². The highest BCUT2D eigenvalue weighted by molar-refractivity contribution is 7.11. The average molecular weight is 332 g/mol. The molecule has 1 aromatic carbocycles. The quantitative estimate of drug-likeness (QED) is 0.851. The van der Waals surface area contributed by atoms with Gasteiger partial charge < -0.3 is 15.5 Å². The Balaban J connectivity index is 1.92. The molecule has 124 valence electrons. The number of rotatable bonds is 6. The Labute approximate surface area is 141 Å². The van der Waals surface area contributed by atoms with Gasteiger partial charge in [-0.25, -0.2) is 9.78 Å². The van der Waals surface area contributed by atoms with Crippen LogP contribution in [-0.4, -0.2) is 24.6 Å². The topological polar surface area (TPSA) is 57.3 Å². The second kappa shape index (κ2) is 7.97. The molecule has 1 atom stereocenters. The van der Waals surface area contributed by atoms with E-state index in [0.717, 1.165) is 27.7 Å². The van der Waals surface area contributed by atoms with Crippen LogP contribution in [0, 0.1) is 6.92 Å². The summed E-state index contributed by atoms with van der Waals surface area (Å²) in [5.74, 6) is 0. The summed E-state index contributed by atoms with van der Waals surface area (Å²) in [5.41, 5.74) is 2.24. The molecule has 0 saturated heterocycles. The minimum absolute atomic E-state index is 0.0951. The number of aryl methyl sites for hydroxylation is 1. The molecule has 2 amide bonds. The zero-order valence-electron chi connectivity index (χ0n) is 14.1. The van der Waals surface area contributed by atoms with Gasteiger partial charge in [0.1, 0.15) is 5.01 Å². The lowest BCUT2D eigenvalue weighted by Crippen LogP contribution is -2.36. The first-order valence-electron chi connectivity index (χ1n) is 7.77. The van der Waals surface area contributed by atoms with Crippen molar-refractivity contribution in [2.24, 2.45) is 0 Å². The number of aromatic nitrogens is 1. The molecule has 0 spiro atoms. The number of hydrogen-bond donors (Lipinski definition) is 2. The molecule has 23 heavy (non-hydrogen) atoms. The van der Waals surface area contributed by atoms with Gasteiger partial charge in [0.25, 0.3) is 0 Å². The molecule has 0 saturated carbocycles. The normalized spacial score (nSPS) is 11.8. The van der Waals surface area contributed by atoms with Gasteiger partial charge in [-0.05, 0) is 32.4 Å². The molecule has 1 aromatic heterocycles. The molecule has 0 radical (unpaired) electrons. The van der Waals surface area contributed by atoms with Gasteiger partial charge >= 0.3 is 6.03 Å². The van der Waals surface area contributed by atoms with Crippen molar-refractivity contribution in [3.8, 4) is 0 Å². The van der Waals surface area contributed by atoms with E-state index in [1.807, 2.05) is 45.3 Å². The summed E-state index contributed by atoms with van der Waals surface area (Å²) in [7, 11) is 2.05. The minimum Gasteiger partial charge on any atom is -0.375 e. The molecular weight excluding hydrogens is 308 g/mol. The molecule has 0 aliphatic carbocycles. The third-order valence-electron chi connectivity index (χ3n) is 3.67. The number of urea groups is 1. The third kappa shape index (κ3) is 4.69. The molecule has 0 unspecified atom stereocenters.